The molecule has 2 atom stereocenters. The summed E-state index contributed by atoms with van der Waals surface area (Å²) < 4.78 is 0. The van der Waals surface area contributed by atoms with Gasteiger partial charge in [-0.25, -0.2) is 0 Å². The van der Waals surface area contributed by atoms with Gasteiger partial charge >= 0.3 is 0 Å². The first-order valence-electron chi connectivity index (χ1n) is 12.1. The number of fused-ring (bicyclic) bond motifs is 2. The smallest absolute Gasteiger partial charge is 0.264 e. The average Bonchev–Trinajstić information content (AvgIpc) is 3.06. The quantitative estimate of drug-likeness (QED) is 0.756. The van der Waals surface area contributed by atoms with Crippen LogP contribution in [0.2, 0.25) is 0 Å². The molecule has 0 bridgehead atoms. The number of amides is 2. The maximum Gasteiger partial charge on any atom is 0.264 e. The Balaban J connectivity index is 1.38. The number of aryl methyl sites for hydroxylation is 1. The third-order valence-electron chi connectivity index (χ3n) is 8.11. The maximum atomic E-state index is 13.5. The Hall–Kier alpha value is -2.70. The van der Waals surface area contributed by atoms with E-state index in [1.54, 1.807) is 11.0 Å². The Morgan fingerprint density at radius 3 is 2.48 bits per heavy atom. The zero-order valence-electron chi connectivity index (χ0n) is 19.5. The summed E-state index contributed by atoms with van der Waals surface area (Å²) in [4.78, 5) is 30.0. The molecule has 0 spiro atoms. The van der Waals surface area contributed by atoms with Crippen LogP contribution >= 0.6 is 0 Å². The summed E-state index contributed by atoms with van der Waals surface area (Å²) in [7, 11) is 1.52. The molecule has 5 rings (SSSR count). The second-order valence-corrected chi connectivity index (χ2v) is 9.91. The third kappa shape index (κ3) is 3.47. The number of nitrogens with zero attached hydrogens (tertiary/aromatic N) is 2. The van der Waals surface area contributed by atoms with Crippen molar-refractivity contribution in [2.75, 3.05) is 25.0 Å². The fraction of sp³-hybridized carbons (Fsp3) is 0.481. The van der Waals surface area contributed by atoms with Crippen molar-refractivity contribution < 1.29 is 14.7 Å². The fourth-order valence-electron chi connectivity index (χ4n) is 6.28. The van der Waals surface area contributed by atoms with Crippen molar-refractivity contribution in [3.8, 4) is 0 Å². The number of hydrogen-bond acceptors (Lipinski definition) is 4. The lowest BCUT2D eigenvalue weighted by molar-refractivity contribution is -0.143. The number of likely N-dealkylation sites (tertiary alicyclic amines) is 1. The van der Waals surface area contributed by atoms with Crippen LogP contribution < -0.4 is 10.2 Å². The minimum atomic E-state index is -1.80. The summed E-state index contributed by atoms with van der Waals surface area (Å²) in [6, 6.07) is 16.2. The first-order chi connectivity index (χ1) is 15.9. The summed E-state index contributed by atoms with van der Waals surface area (Å²) in [5, 5.41) is 13.9. The summed E-state index contributed by atoms with van der Waals surface area (Å²) in [5.41, 5.74) is 2.39. The lowest BCUT2D eigenvalue weighted by Gasteiger charge is -2.49. The van der Waals surface area contributed by atoms with Crippen LogP contribution in [-0.2, 0) is 27.1 Å². The number of rotatable bonds is 4. The van der Waals surface area contributed by atoms with Gasteiger partial charge in [0.2, 0.25) is 5.91 Å². The number of anilines is 1. The second-order valence-electron chi connectivity index (χ2n) is 9.91. The summed E-state index contributed by atoms with van der Waals surface area (Å²) in [5.74, 6) is -0.721. The average molecular weight is 448 g/mol. The predicted molar refractivity (Wildman–Crippen MR) is 128 cm³/mol. The highest BCUT2D eigenvalue weighted by Gasteiger charge is 2.53. The first kappa shape index (κ1) is 22.1. The summed E-state index contributed by atoms with van der Waals surface area (Å²) in [6.07, 6.45) is 4.90. The van der Waals surface area contributed by atoms with Gasteiger partial charge in [0.15, 0.2) is 5.60 Å². The van der Waals surface area contributed by atoms with Crippen molar-refractivity contribution >= 4 is 17.5 Å². The summed E-state index contributed by atoms with van der Waals surface area (Å²) >= 11 is 0. The van der Waals surface area contributed by atoms with E-state index < -0.39 is 5.60 Å². The molecular weight excluding hydrogens is 414 g/mol. The van der Waals surface area contributed by atoms with Crippen molar-refractivity contribution in [2.45, 2.75) is 62.6 Å². The van der Waals surface area contributed by atoms with Crippen LogP contribution in [0, 0.1) is 0 Å². The first-order valence-corrected chi connectivity index (χ1v) is 12.1. The molecule has 0 saturated carbocycles. The minimum Gasteiger partial charge on any atom is -0.375 e. The molecule has 0 radical (unpaired) electrons. The van der Waals surface area contributed by atoms with Gasteiger partial charge < -0.3 is 15.3 Å². The van der Waals surface area contributed by atoms with Crippen LogP contribution in [-0.4, -0.2) is 48.0 Å². The molecule has 2 N–H and O–H groups in total. The van der Waals surface area contributed by atoms with Crippen LogP contribution in [0.3, 0.4) is 0 Å². The largest absolute Gasteiger partial charge is 0.375 e. The third-order valence-corrected chi connectivity index (χ3v) is 8.11. The number of hydrogen-bond donors (Lipinski definition) is 2. The zero-order valence-corrected chi connectivity index (χ0v) is 19.5. The van der Waals surface area contributed by atoms with E-state index >= 15 is 0 Å². The maximum absolute atomic E-state index is 13.5. The number of piperidine rings is 1. The highest BCUT2D eigenvalue weighted by molar-refractivity contribution is 6.09. The lowest BCUT2D eigenvalue weighted by Crippen LogP contribution is -2.55. The fourth-order valence-corrected chi connectivity index (χ4v) is 6.28. The number of carbonyl (C=O) groups is 2. The highest BCUT2D eigenvalue weighted by atomic mass is 16.3. The van der Waals surface area contributed by atoms with Crippen LogP contribution in [0.25, 0.3) is 0 Å². The Bertz CT molecular complexity index is 1080. The van der Waals surface area contributed by atoms with E-state index in [9.17, 15) is 14.7 Å². The van der Waals surface area contributed by atoms with Crippen molar-refractivity contribution in [2.24, 2.45) is 0 Å². The van der Waals surface area contributed by atoms with E-state index in [0.29, 0.717) is 5.56 Å². The molecule has 2 aromatic rings. The Labute approximate surface area is 195 Å². The normalized spacial score (nSPS) is 27.8. The van der Waals surface area contributed by atoms with Gasteiger partial charge in [-0.2, -0.15) is 0 Å². The molecule has 1 aliphatic carbocycles. The van der Waals surface area contributed by atoms with E-state index in [1.807, 2.05) is 18.2 Å². The molecule has 3 aliphatic rings. The molecule has 2 amide bonds. The topological polar surface area (TPSA) is 72.9 Å². The Morgan fingerprint density at radius 1 is 1.09 bits per heavy atom. The predicted octanol–water partition coefficient (Wildman–Crippen LogP) is 3.07. The lowest BCUT2D eigenvalue weighted by atomic mass is 9.75. The number of carbonyl (C=O) groups excluding carboxylic acids is 2. The second kappa shape index (κ2) is 8.26. The molecule has 6 heteroatoms. The Kier molecular flexibility index (Phi) is 5.53. The number of para-hydroxylation sites is 1. The SMILES string of the molecule is CNC(=O)CC1(O)C(=O)N(C2CCN(C3(C)CCCc4ccccc43)CC2)c2ccccc21. The van der Waals surface area contributed by atoms with Gasteiger partial charge in [-0.1, -0.05) is 42.5 Å². The van der Waals surface area contributed by atoms with Crippen LogP contribution in [0.5, 0.6) is 0 Å². The van der Waals surface area contributed by atoms with Crippen LogP contribution in [0.4, 0.5) is 5.69 Å². The van der Waals surface area contributed by atoms with E-state index in [1.165, 1.54) is 24.6 Å². The molecule has 2 aliphatic heterocycles. The van der Waals surface area contributed by atoms with E-state index in [0.717, 1.165) is 44.5 Å². The number of nitrogens with one attached hydrogen (secondary N) is 1. The van der Waals surface area contributed by atoms with E-state index in [2.05, 4.69) is 41.4 Å². The number of aliphatic hydroxyl groups is 1. The molecule has 6 nitrogen and oxygen atoms in total. The van der Waals surface area contributed by atoms with Gasteiger partial charge in [0.25, 0.3) is 5.91 Å². The molecular formula is C27H33N3O3. The molecule has 2 aromatic carbocycles. The molecule has 174 valence electrons. The van der Waals surface area contributed by atoms with E-state index in [4.69, 9.17) is 0 Å². The van der Waals surface area contributed by atoms with E-state index in [-0.39, 0.29) is 29.8 Å². The molecule has 1 fully saturated rings. The molecule has 2 heterocycles. The standard InChI is InChI=1S/C27H33N3O3/c1-26(15-7-9-19-8-3-4-10-21(19)26)29-16-13-20(14-17-29)30-23-12-6-5-11-22(23)27(33,25(30)32)18-24(31)28-2/h3-6,8,10-12,20,33H,7,9,13-18H2,1-2H3,(H,28,31). The van der Waals surface area contributed by atoms with Crippen molar-refractivity contribution in [1.29, 1.82) is 0 Å². The van der Waals surface area contributed by atoms with Crippen molar-refractivity contribution in [3.05, 3.63) is 65.2 Å². The van der Waals surface area contributed by atoms with Crippen molar-refractivity contribution in [3.63, 3.8) is 0 Å². The van der Waals surface area contributed by atoms with Gasteiger partial charge in [-0.05, 0) is 56.2 Å². The molecule has 1 saturated heterocycles. The van der Waals surface area contributed by atoms with Crippen LogP contribution in [0.1, 0.15) is 55.7 Å². The highest BCUT2D eigenvalue weighted by Crippen LogP contribution is 2.46. The van der Waals surface area contributed by atoms with Gasteiger partial charge in [0, 0.05) is 37.3 Å². The molecule has 2 unspecified atom stereocenters. The van der Waals surface area contributed by atoms with Gasteiger partial charge in [0.05, 0.1) is 12.1 Å². The van der Waals surface area contributed by atoms with Gasteiger partial charge in [-0.15, -0.1) is 0 Å². The van der Waals surface area contributed by atoms with Gasteiger partial charge in [0.1, 0.15) is 0 Å². The monoisotopic (exact) mass is 447 g/mol. The van der Waals surface area contributed by atoms with Crippen LogP contribution in [0.15, 0.2) is 48.5 Å². The Morgan fingerprint density at radius 2 is 1.76 bits per heavy atom. The summed E-state index contributed by atoms with van der Waals surface area (Å²) in [6.45, 7) is 4.16. The molecule has 33 heavy (non-hydrogen) atoms. The van der Waals surface area contributed by atoms with Gasteiger partial charge in [-0.3, -0.25) is 14.5 Å². The number of benzene rings is 2. The minimum absolute atomic E-state index is 0.0102. The van der Waals surface area contributed by atoms with Crippen molar-refractivity contribution in [1.82, 2.24) is 10.2 Å². The molecule has 0 aromatic heterocycles. The zero-order chi connectivity index (χ0) is 23.2.